The Morgan fingerprint density at radius 1 is 0.824 bits per heavy atom. The Labute approximate surface area is 305 Å². The summed E-state index contributed by atoms with van der Waals surface area (Å²) in [5.41, 5.74) is 0. The van der Waals surface area contributed by atoms with E-state index in [1.807, 2.05) is 20.8 Å². The fraction of sp³-hybridized carbons (Fsp3) is 0.943. The van der Waals surface area contributed by atoms with Gasteiger partial charge in [-0.05, 0) is 82.5 Å². The summed E-state index contributed by atoms with van der Waals surface area (Å²) >= 11 is 0. The summed E-state index contributed by atoms with van der Waals surface area (Å²) in [6.07, 6.45) is 3.46. The van der Waals surface area contributed by atoms with Gasteiger partial charge in [-0.25, -0.2) is 35.8 Å². The zero-order valence-electron chi connectivity index (χ0n) is 31.0. The average Bonchev–Trinajstić information content (AvgIpc) is 3.05. The van der Waals surface area contributed by atoms with Gasteiger partial charge in [0.25, 0.3) is 0 Å². The van der Waals surface area contributed by atoms with Gasteiger partial charge in [0, 0.05) is 44.4 Å². The molecule has 0 aromatic heterocycles. The van der Waals surface area contributed by atoms with Crippen molar-refractivity contribution in [3.8, 4) is 0 Å². The number of hydrazine groups is 1. The molecule has 0 aliphatic heterocycles. The topological polar surface area (TPSA) is 179 Å². The summed E-state index contributed by atoms with van der Waals surface area (Å²) in [6, 6.07) is -1.02. The molecule has 0 saturated heterocycles. The Bertz CT molecular complexity index is 1290. The number of primary sulfonamides is 1. The lowest BCUT2D eigenvalue weighted by Gasteiger charge is -2.37. The van der Waals surface area contributed by atoms with Crippen LogP contribution in [0.5, 0.6) is 0 Å². The lowest BCUT2D eigenvalue weighted by Crippen LogP contribution is -2.55. The van der Waals surface area contributed by atoms with Gasteiger partial charge in [-0.3, -0.25) is 9.59 Å². The Kier molecular flexibility index (Phi) is 18.0. The molecule has 12 nitrogen and oxygen atoms in total. The maximum absolute atomic E-state index is 14.5. The van der Waals surface area contributed by atoms with Crippen molar-refractivity contribution in [1.82, 2.24) is 20.1 Å². The zero-order valence-corrected chi connectivity index (χ0v) is 32.6. The van der Waals surface area contributed by atoms with E-state index in [1.165, 1.54) is 5.01 Å². The molecule has 3 rings (SSSR count). The number of alkyl halides is 2. The molecule has 7 unspecified atom stereocenters. The van der Waals surface area contributed by atoms with Gasteiger partial charge in [0.2, 0.25) is 31.9 Å². The van der Waals surface area contributed by atoms with Crippen molar-refractivity contribution in [2.45, 2.75) is 153 Å². The zero-order chi connectivity index (χ0) is 37.8. The number of aliphatic hydroxyl groups excluding tert-OH is 1. The summed E-state index contributed by atoms with van der Waals surface area (Å²) in [5.74, 6) is -2.94. The van der Waals surface area contributed by atoms with Crippen LogP contribution in [-0.4, -0.2) is 105 Å². The number of nitrogens with one attached hydrogen (secondary N) is 2. The standard InChI is InChI=1S/C35H65F2N5O7S2/c1-4-7-15-42(40-50(46,47)24-25-11-9-8-10-12-25)23-33(43)32(18-26-16-29(36)22-30(37)17-26)39-34(44)27-19-28(21-31(20-27)51(38,48)49)35(45)41(13-5-2)14-6-3/h25-33,40,43H,4-24H2,1-3H3,(H,39,44)(H2,38,48,49). The molecule has 5 N–H and O–H groups in total. The first-order valence-electron chi connectivity index (χ1n) is 19.4. The van der Waals surface area contributed by atoms with E-state index in [1.54, 1.807) is 4.90 Å². The molecule has 3 fully saturated rings. The first-order valence-corrected chi connectivity index (χ1v) is 22.6. The Morgan fingerprint density at radius 3 is 2.00 bits per heavy atom. The van der Waals surface area contributed by atoms with Crippen LogP contribution in [0.1, 0.15) is 124 Å². The summed E-state index contributed by atoms with van der Waals surface area (Å²) < 4.78 is 80.7. The molecule has 0 heterocycles. The van der Waals surface area contributed by atoms with E-state index in [2.05, 4.69) is 10.1 Å². The van der Waals surface area contributed by atoms with E-state index in [0.29, 0.717) is 38.9 Å². The van der Waals surface area contributed by atoms with Gasteiger partial charge in [0.1, 0.15) is 12.3 Å². The number of hydrogen-bond donors (Lipinski definition) is 4. The summed E-state index contributed by atoms with van der Waals surface area (Å²) in [4.78, 5) is 32.0. The van der Waals surface area contributed by atoms with Gasteiger partial charge in [-0.2, -0.15) is 0 Å². The van der Waals surface area contributed by atoms with E-state index >= 15 is 0 Å². The number of carbonyl (C=O) groups excluding carboxylic acids is 2. The molecule has 0 bridgehead atoms. The number of amides is 2. The van der Waals surface area contributed by atoms with E-state index in [-0.39, 0.29) is 69.1 Å². The highest BCUT2D eigenvalue weighted by atomic mass is 32.2. The quantitative estimate of drug-likeness (QED) is 0.135. The Balaban J connectivity index is 1.84. The predicted molar refractivity (Wildman–Crippen MR) is 195 cm³/mol. The molecule has 3 aliphatic rings. The predicted octanol–water partition coefficient (Wildman–Crippen LogP) is 3.94. The lowest BCUT2D eigenvalue weighted by atomic mass is 9.79. The van der Waals surface area contributed by atoms with Crippen LogP contribution >= 0.6 is 0 Å². The van der Waals surface area contributed by atoms with E-state index in [9.17, 15) is 40.3 Å². The second kappa shape index (κ2) is 20.8. The third-order valence-corrected chi connectivity index (χ3v) is 13.6. The van der Waals surface area contributed by atoms with Crippen LogP contribution < -0.4 is 15.3 Å². The molecule has 0 radical (unpaired) electrons. The van der Waals surface area contributed by atoms with Crippen molar-refractivity contribution < 1.29 is 40.3 Å². The van der Waals surface area contributed by atoms with Crippen molar-refractivity contribution in [3.63, 3.8) is 0 Å². The Morgan fingerprint density at radius 2 is 1.43 bits per heavy atom. The molecule has 7 atom stereocenters. The Hall–Kier alpha value is -1.46. The van der Waals surface area contributed by atoms with E-state index in [0.717, 1.165) is 38.5 Å². The van der Waals surface area contributed by atoms with Crippen molar-refractivity contribution in [3.05, 3.63) is 0 Å². The first-order chi connectivity index (χ1) is 24.0. The number of aliphatic hydroxyl groups is 1. The van der Waals surface area contributed by atoms with Gasteiger partial charge in [-0.15, -0.1) is 4.83 Å². The van der Waals surface area contributed by atoms with E-state index in [4.69, 9.17) is 5.14 Å². The van der Waals surface area contributed by atoms with Gasteiger partial charge >= 0.3 is 0 Å². The summed E-state index contributed by atoms with van der Waals surface area (Å²) in [6.45, 7) is 6.96. The lowest BCUT2D eigenvalue weighted by molar-refractivity contribution is -0.138. The monoisotopic (exact) mass is 769 g/mol. The highest BCUT2D eigenvalue weighted by molar-refractivity contribution is 7.89. The summed E-state index contributed by atoms with van der Waals surface area (Å²) in [7, 11) is -7.84. The smallest absolute Gasteiger partial charge is 0.225 e. The largest absolute Gasteiger partial charge is 0.390 e. The van der Waals surface area contributed by atoms with Crippen molar-refractivity contribution in [2.24, 2.45) is 28.8 Å². The number of unbranched alkanes of at least 4 members (excludes halogenated alkanes) is 1. The van der Waals surface area contributed by atoms with Crippen molar-refractivity contribution in [1.29, 1.82) is 0 Å². The molecule has 298 valence electrons. The third-order valence-electron chi connectivity index (χ3n) is 10.9. The molecule has 0 aromatic rings. The minimum absolute atomic E-state index is 0.00265. The second-order valence-corrected chi connectivity index (χ2v) is 19.1. The fourth-order valence-corrected chi connectivity index (χ4v) is 10.9. The number of nitrogens with zero attached hydrogens (tertiary/aromatic N) is 2. The normalized spacial score (nSPS) is 27.9. The van der Waals surface area contributed by atoms with Crippen LogP contribution in [0.4, 0.5) is 8.78 Å². The van der Waals surface area contributed by atoms with Crippen LogP contribution in [-0.2, 0) is 29.6 Å². The van der Waals surface area contributed by atoms with Gasteiger partial charge in [0.05, 0.1) is 23.1 Å². The molecular weight excluding hydrogens is 705 g/mol. The third kappa shape index (κ3) is 14.7. The SMILES string of the molecule is CCCCN(CC(O)C(CC1CC(F)CC(F)C1)NC(=O)C1CC(C(=O)N(CCC)CCC)CC(S(N)(=O)=O)C1)NS(=O)(=O)CC1CCCCC1. The maximum Gasteiger partial charge on any atom is 0.225 e. The number of sulfonamides is 2. The summed E-state index contributed by atoms with van der Waals surface area (Å²) in [5, 5.41) is 20.4. The molecule has 2 amide bonds. The number of rotatable bonds is 20. The van der Waals surface area contributed by atoms with Gasteiger partial charge < -0.3 is 15.3 Å². The molecule has 3 aliphatic carbocycles. The minimum Gasteiger partial charge on any atom is -0.390 e. The highest BCUT2D eigenvalue weighted by Crippen LogP contribution is 2.36. The molecule has 51 heavy (non-hydrogen) atoms. The number of nitrogens with two attached hydrogens (primary N) is 1. The van der Waals surface area contributed by atoms with Crippen molar-refractivity contribution >= 4 is 31.9 Å². The van der Waals surface area contributed by atoms with Crippen LogP contribution in [0.25, 0.3) is 0 Å². The number of hydrogen-bond acceptors (Lipinski definition) is 8. The highest BCUT2D eigenvalue weighted by Gasteiger charge is 2.43. The maximum atomic E-state index is 14.5. The molecule has 3 saturated carbocycles. The number of halogens is 2. The van der Waals surface area contributed by atoms with Crippen LogP contribution in [0.2, 0.25) is 0 Å². The second-order valence-electron chi connectivity index (χ2n) is 15.5. The van der Waals surface area contributed by atoms with E-state index < -0.39 is 73.4 Å². The number of carbonyl (C=O) groups is 2. The fourth-order valence-electron chi connectivity index (χ4n) is 8.31. The van der Waals surface area contributed by atoms with Gasteiger partial charge in [-0.1, -0.05) is 46.5 Å². The van der Waals surface area contributed by atoms with Crippen molar-refractivity contribution in [2.75, 3.05) is 31.9 Å². The molecule has 0 aromatic carbocycles. The first kappa shape index (κ1) is 43.9. The van der Waals surface area contributed by atoms with Crippen LogP contribution in [0.15, 0.2) is 0 Å². The average molecular weight is 770 g/mol. The molecular formula is C35H65F2N5O7S2. The molecule has 0 spiro atoms. The van der Waals surface area contributed by atoms with Gasteiger partial charge in [0.15, 0.2) is 0 Å². The van der Waals surface area contributed by atoms with Crippen LogP contribution in [0.3, 0.4) is 0 Å². The molecule has 16 heteroatoms. The van der Waals surface area contributed by atoms with Crippen LogP contribution in [0, 0.1) is 23.7 Å². The minimum atomic E-state index is -4.10.